The van der Waals surface area contributed by atoms with Crippen LogP contribution in [0.5, 0.6) is 0 Å². The Bertz CT molecular complexity index is 148. The number of hydrogen-bond donors (Lipinski definition) is 0. The average molecular weight is 267 g/mol. The molecule has 0 bridgehead atoms. The lowest BCUT2D eigenvalue weighted by molar-refractivity contribution is 0.759. The van der Waals surface area contributed by atoms with Gasteiger partial charge in [0.15, 0.2) is 0 Å². The normalized spacial score (nSPS) is 23.6. The van der Waals surface area contributed by atoms with E-state index >= 15 is 0 Å². The van der Waals surface area contributed by atoms with Gasteiger partial charge in [-0.3, -0.25) is 0 Å². The van der Waals surface area contributed by atoms with Crippen LogP contribution in [0.25, 0.3) is 0 Å². The van der Waals surface area contributed by atoms with Crippen LogP contribution < -0.4 is 0 Å². The molecule has 0 atom stereocenters. The zero-order chi connectivity index (χ0) is 9.80. The van der Waals surface area contributed by atoms with Gasteiger partial charge < -0.3 is 0 Å². The molecule has 14 heavy (non-hydrogen) atoms. The molecular weight excluding hydrogens is 248 g/mol. The number of hydrogen-bond acceptors (Lipinski definition) is 4. The minimum atomic E-state index is 0.918. The Hall–Kier alpha value is 1.40. The van der Waals surface area contributed by atoms with Crippen molar-refractivity contribution in [3.8, 4) is 0 Å². The summed E-state index contributed by atoms with van der Waals surface area (Å²) >= 11 is 8.62. The molecule has 2 fully saturated rings. The lowest BCUT2D eigenvalue weighted by Gasteiger charge is -2.27. The van der Waals surface area contributed by atoms with E-state index in [1.807, 2.05) is 0 Å². The molecular formula is C10H18S4. The SMILES string of the molecule is CC(CSC1CSC1)CSC1CSC1. The molecule has 0 N–H and O–H groups in total. The fraction of sp³-hybridized carbons (Fsp3) is 1.00. The van der Waals surface area contributed by atoms with Crippen molar-refractivity contribution in [2.24, 2.45) is 5.92 Å². The Morgan fingerprint density at radius 3 is 1.71 bits per heavy atom. The van der Waals surface area contributed by atoms with Crippen LogP contribution in [0.3, 0.4) is 0 Å². The smallest absolute Gasteiger partial charge is 0.0228 e. The molecule has 0 radical (unpaired) electrons. The monoisotopic (exact) mass is 266 g/mol. The summed E-state index contributed by atoms with van der Waals surface area (Å²) in [6.45, 7) is 2.41. The first kappa shape index (κ1) is 11.9. The summed E-state index contributed by atoms with van der Waals surface area (Å²) in [5, 5.41) is 1.98. The van der Waals surface area contributed by atoms with Crippen LogP contribution in [0.2, 0.25) is 0 Å². The van der Waals surface area contributed by atoms with Gasteiger partial charge in [-0.1, -0.05) is 6.92 Å². The number of thioether (sulfide) groups is 4. The molecule has 0 saturated carbocycles. The van der Waals surface area contributed by atoms with E-state index in [2.05, 4.69) is 54.0 Å². The highest BCUT2D eigenvalue weighted by Gasteiger charge is 2.21. The van der Waals surface area contributed by atoms with Gasteiger partial charge in [0.1, 0.15) is 0 Å². The Morgan fingerprint density at radius 2 is 1.43 bits per heavy atom. The highest BCUT2D eigenvalue weighted by Crippen LogP contribution is 2.33. The lowest BCUT2D eigenvalue weighted by atomic mass is 10.3. The quantitative estimate of drug-likeness (QED) is 0.723. The molecule has 0 aromatic rings. The highest BCUT2D eigenvalue weighted by atomic mass is 32.2. The summed E-state index contributed by atoms with van der Waals surface area (Å²) in [6, 6.07) is 0. The second-order valence-corrected chi connectivity index (χ2v) is 8.91. The summed E-state index contributed by atoms with van der Waals surface area (Å²) in [6.07, 6.45) is 0. The third kappa shape index (κ3) is 3.76. The van der Waals surface area contributed by atoms with Gasteiger partial charge in [-0.15, -0.1) is 0 Å². The van der Waals surface area contributed by atoms with Gasteiger partial charge in [-0.25, -0.2) is 0 Å². The standard InChI is InChI=1S/C10H18S4/c1-8(2-13-9-4-11-5-9)3-14-10-6-12-7-10/h8-10H,2-7H2,1H3. The Morgan fingerprint density at radius 1 is 1.00 bits per heavy atom. The summed E-state index contributed by atoms with van der Waals surface area (Å²) < 4.78 is 0. The molecule has 0 aromatic heterocycles. The van der Waals surface area contributed by atoms with Crippen LogP contribution in [0.4, 0.5) is 0 Å². The molecule has 0 nitrogen and oxygen atoms in total. The van der Waals surface area contributed by atoms with Crippen molar-refractivity contribution in [2.45, 2.75) is 17.4 Å². The lowest BCUT2D eigenvalue weighted by Crippen LogP contribution is -2.24. The van der Waals surface area contributed by atoms with E-state index in [4.69, 9.17) is 0 Å². The van der Waals surface area contributed by atoms with E-state index in [-0.39, 0.29) is 0 Å². The molecule has 0 aliphatic carbocycles. The molecule has 0 spiro atoms. The summed E-state index contributed by atoms with van der Waals surface area (Å²) in [5.74, 6) is 9.32. The van der Waals surface area contributed by atoms with Crippen molar-refractivity contribution in [1.29, 1.82) is 0 Å². The highest BCUT2D eigenvalue weighted by molar-refractivity contribution is 8.08. The predicted octanol–water partition coefficient (Wildman–Crippen LogP) is 3.32. The second-order valence-electron chi connectivity index (χ2n) is 4.09. The molecule has 4 heteroatoms. The van der Waals surface area contributed by atoms with E-state index in [0.29, 0.717) is 0 Å². The van der Waals surface area contributed by atoms with Gasteiger partial charge in [-0.05, 0) is 17.4 Å². The van der Waals surface area contributed by atoms with Crippen LogP contribution in [-0.2, 0) is 0 Å². The van der Waals surface area contributed by atoms with Crippen molar-refractivity contribution in [1.82, 2.24) is 0 Å². The van der Waals surface area contributed by atoms with E-state index in [0.717, 1.165) is 16.4 Å². The van der Waals surface area contributed by atoms with Crippen LogP contribution in [0.15, 0.2) is 0 Å². The van der Waals surface area contributed by atoms with E-state index in [1.54, 1.807) is 0 Å². The average Bonchev–Trinajstić information content (AvgIpc) is 1.98. The van der Waals surface area contributed by atoms with Gasteiger partial charge in [0.2, 0.25) is 0 Å². The molecule has 0 aromatic carbocycles. The first-order valence-corrected chi connectivity index (χ1v) is 9.64. The van der Waals surface area contributed by atoms with Crippen LogP contribution in [0, 0.1) is 5.92 Å². The summed E-state index contributed by atoms with van der Waals surface area (Å²) in [7, 11) is 0. The fourth-order valence-electron chi connectivity index (χ4n) is 1.27. The zero-order valence-corrected chi connectivity index (χ0v) is 11.9. The third-order valence-corrected chi connectivity index (χ3v) is 8.98. The molecule has 2 aliphatic heterocycles. The molecule has 0 amide bonds. The first-order chi connectivity index (χ1) is 6.84. The van der Waals surface area contributed by atoms with Crippen molar-refractivity contribution < 1.29 is 0 Å². The minimum Gasteiger partial charge on any atom is -0.160 e. The van der Waals surface area contributed by atoms with Gasteiger partial charge in [0.25, 0.3) is 0 Å². The van der Waals surface area contributed by atoms with Gasteiger partial charge in [0.05, 0.1) is 0 Å². The topological polar surface area (TPSA) is 0 Å². The minimum absolute atomic E-state index is 0.918. The van der Waals surface area contributed by atoms with Gasteiger partial charge >= 0.3 is 0 Å². The molecule has 2 saturated heterocycles. The maximum atomic E-state index is 2.41. The van der Waals surface area contributed by atoms with Crippen LogP contribution in [0.1, 0.15) is 6.92 Å². The van der Waals surface area contributed by atoms with Crippen molar-refractivity contribution in [2.75, 3.05) is 34.5 Å². The van der Waals surface area contributed by atoms with Crippen molar-refractivity contribution in [3.05, 3.63) is 0 Å². The third-order valence-electron chi connectivity index (χ3n) is 2.45. The first-order valence-electron chi connectivity index (χ1n) is 5.23. The molecule has 82 valence electrons. The Kier molecular flexibility index (Phi) is 5.27. The fourth-order valence-corrected chi connectivity index (χ4v) is 6.41. The molecule has 2 aliphatic rings. The van der Waals surface area contributed by atoms with Gasteiger partial charge in [0, 0.05) is 33.5 Å². The van der Waals surface area contributed by atoms with Crippen molar-refractivity contribution >= 4 is 47.0 Å². The maximum Gasteiger partial charge on any atom is 0.0228 e. The molecule has 2 heterocycles. The molecule has 2 rings (SSSR count). The summed E-state index contributed by atoms with van der Waals surface area (Å²) in [4.78, 5) is 0. The largest absolute Gasteiger partial charge is 0.160 e. The Labute approximate surface area is 105 Å². The number of rotatable bonds is 6. The van der Waals surface area contributed by atoms with E-state index in [9.17, 15) is 0 Å². The maximum absolute atomic E-state index is 2.41. The zero-order valence-electron chi connectivity index (χ0n) is 8.61. The van der Waals surface area contributed by atoms with Gasteiger partial charge in [-0.2, -0.15) is 47.0 Å². The van der Waals surface area contributed by atoms with Crippen LogP contribution in [-0.4, -0.2) is 45.0 Å². The second kappa shape index (κ2) is 6.21. The molecule has 0 unspecified atom stereocenters. The Balaban J connectivity index is 1.47. The van der Waals surface area contributed by atoms with E-state index in [1.165, 1.54) is 34.5 Å². The van der Waals surface area contributed by atoms with Crippen LogP contribution >= 0.6 is 47.0 Å². The predicted molar refractivity (Wildman–Crippen MR) is 76.3 cm³/mol. The van der Waals surface area contributed by atoms with E-state index < -0.39 is 0 Å². The van der Waals surface area contributed by atoms with Crippen molar-refractivity contribution in [3.63, 3.8) is 0 Å². The summed E-state index contributed by atoms with van der Waals surface area (Å²) in [5.41, 5.74) is 0.